The fourth-order valence-electron chi connectivity index (χ4n) is 1.43. The van der Waals surface area contributed by atoms with Crippen LogP contribution in [0.15, 0.2) is 12.5 Å². The van der Waals surface area contributed by atoms with Crippen molar-refractivity contribution < 1.29 is 0 Å². The summed E-state index contributed by atoms with van der Waals surface area (Å²) in [5.41, 5.74) is 10.2. The van der Waals surface area contributed by atoms with Crippen LogP contribution in [-0.2, 0) is 3.67 Å². The number of hydrogen-bond acceptors (Lipinski definition) is 5. The smallest absolute Gasteiger partial charge is 0.167 e. The highest BCUT2D eigenvalue weighted by atomic mass is 127. The summed E-state index contributed by atoms with van der Waals surface area (Å²) in [7, 11) is 0. The predicted octanol–water partition coefficient (Wildman–Crippen LogP) is 0.714. The number of nitrogens with one attached hydrogen (secondary N) is 1. The molecule has 0 aromatic carbocycles. The molecular weight excluding hydrogens is 293 g/mol. The third-order valence-corrected chi connectivity index (χ3v) is 2.93. The third kappa shape index (κ3) is 1.47. The van der Waals surface area contributed by atoms with Gasteiger partial charge in [-0.3, -0.25) is 10.7 Å². The van der Waals surface area contributed by atoms with E-state index in [1.54, 1.807) is 6.20 Å². The van der Waals surface area contributed by atoms with Crippen LogP contribution in [0.25, 0.3) is 0 Å². The van der Waals surface area contributed by atoms with Gasteiger partial charge in [-0.25, -0.2) is 9.97 Å². The number of nitrogens with zero attached hydrogens (tertiary/aromatic N) is 3. The van der Waals surface area contributed by atoms with Crippen molar-refractivity contribution in [2.24, 2.45) is 5.73 Å². The van der Waals surface area contributed by atoms with Gasteiger partial charge in [0.1, 0.15) is 6.33 Å². The summed E-state index contributed by atoms with van der Waals surface area (Å²) in [6.07, 6.45) is 3.29. The lowest BCUT2D eigenvalue weighted by Gasteiger charge is -2.25. The second kappa shape index (κ2) is 3.28. The summed E-state index contributed by atoms with van der Waals surface area (Å²) in [6.45, 7) is 4.16. The van der Waals surface area contributed by atoms with Gasteiger partial charge < -0.3 is 0 Å². The van der Waals surface area contributed by atoms with E-state index in [1.807, 2.05) is 5.01 Å². The van der Waals surface area contributed by atoms with Crippen LogP contribution in [0.5, 0.6) is 0 Å². The maximum Gasteiger partial charge on any atom is 0.167 e. The predicted molar refractivity (Wildman–Crippen MR) is 62.7 cm³/mol. The highest BCUT2D eigenvalue weighted by Crippen LogP contribution is 2.36. The van der Waals surface area contributed by atoms with Gasteiger partial charge >= 0.3 is 0 Å². The topological polar surface area (TPSA) is 67.1 Å². The normalized spacial score (nSPS) is 25.6. The number of aromatic nitrogens is 2. The van der Waals surface area contributed by atoms with Gasteiger partial charge in [0, 0.05) is 12.2 Å². The van der Waals surface area contributed by atoms with Crippen molar-refractivity contribution in [3.63, 3.8) is 0 Å². The zero-order chi connectivity index (χ0) is 10.3. The molecule has 0 amide bonds. The second-order valence-corrected chi connectivity index (χ2v) is 5.25. The summed E-state index contributed by atoms with van der Waals surface area (Å²) >= 11 is 2.15. The average molecular weight is 305 g/mol. The van der Waals surface area contributed by atoms with Gasteiger partial charge in [-0.15, -0.1) is 0 Å². The molecule has 3 N–H and O–H groups in total. The number of hydrogen-bond donors (Lipinski definition) is 2. The molecule has 1 aliphatic rings. The lowest BCUT2D eigenvalue weighted by molar-refractivity contribution is 0.503. The number of rotatable bonds is 1. The second-order valence-electron chi connectivity index (χ2n) is 3.55. The number of hydrazine groups is 1. The Hall–Kier alpha value is -0.470. The van der Waals surface area contributed by atoms with Gasteiger partial charge in [-0.1, -0.05) is 0 Å². The van der Waals surface area contributed by atoms with Crippen molar-refractivity contribution in [1.82, 2.24) is 15.4 Å². The first-order valence-electron chi connectivity index (χ1n) is 4.37. The minimum atomic E-state index is -0.599. The van der Waals surface area contributed by atoms with Gasteiger partial charge in [-0.2, -0.15) is 5.43 Å². The zero-order valence-electron chi connectivity index (χ0n) is 8.03. The van der Waals surface area contributed by atoms with Crippen molar-refractivity contribution >= 4 is 28.4 Å². The molecule has 2 rings (SSSR count). The van der Waals surface area contributed by atoms with E-state index < -0.39 is 3.67 Å². The molecule has 0 saturated carbocycles. The lowest BCUT2D eigenvalue weighted by atomic mass is 10.2. The molecule has 1 atom stereocenters. The largest absolute Gasteiger partial charge is 0.300 e. The van der Waals surface area contributed by atoms with Crippen molar-refractivity contribution in [2.75, 3.05) is 5.01 Å². The van der Waals surface area contributed by atoms with Crippen LogP contribution in [0.4, 0.5) is 5.82 Å². The molecule has 1 aromatic rings. The standard InChI is InChI=1S/C8H12IN5/c1-5(2)14-7-6(3-11-4-12-7)8(9,10)13-14/h3-5,13H,10H2,1-2H3. The molecular formula is C8H12IN5. The Labute approximate surface area is 96.2 Å². The number of anilines is 1. The molecule has 0 bridgehead atoms. The molecule has 0 radical (unpaired) electrons. The Morgan fingerprint density at radius 2 is 2.36 bits per heavy atom. The van der Waals surface area contributed by atoms with Gasteiger partial charge in [0.05, 0.1) is 5.56 Å². The minimum absolute atomic E-state index is 0.309. The Kier molecular flexibility index (Phi) is 2.36. The van der Waals surface area contributed by atoms with E-state index in [0.717, 1.165) is 11.4 Å². The summed E-state index contributed by atoms with van der Waals surface area (Å²) < 4.78 is -0.599. The molecule has 6 heteroatoms. The van der Waals surface area contributed by atoms with Crippen LogP contribution >= 0.6 is 22.6 Å². The monoisotopic (exact) mass is 305 g/mol. The van der Waals surface area contributed by atoms with Gasteiger partial charge in [0.2, 0.25) is 0 Å². The van der Waals surface area contributed by atoms with Gasteiger partial charge in [-0.05, 0) is 36.4 Å². The van der Waals surface area contributed by atoms with Gasteiger partial charge in [0.15, 0.2) is 9.49 Å². The van der Waals surface area contributed by atoms with Crippen LogP contribution < -0.4 is 16.2 Å². The third-order valence-electron chi connectivity index (χ3n) is 2.11. The maximum atomic E-state index is 6.07. The van der Waals surface area contributed by atoms with E-state index in [0.29, 0.717) is 6.04 Å². The summed E-state index contributed by atoms with van der Waals surface area (Å²) in [6, 6.07) is 0.309. The summed E-state index contributed by atoms with van der Waals surface area (Å²) in [5, 5.41) is 1.96. The number of alkyl halides is 1. The van der Waals surface area contributed by atoms with E-state index in [-0.39, 0.29) is 0 Å². The number of fused-ring (bicyclic) bond motifs is 1. The average Bonchev–Trinajstić information content (AvgIpc) is 2.40. The number of nitrogens with two attached hydrogens (primary N) is 1. The van der Waals surface area contributed by atoms with Gasteiger partial charge in [0.25, 0.3) is 0 Å². The summed E-state index contributed by atoms with van der Waals surface area (Å²) in [5.74, 6) is 0.868. The minimum Gasteiger partial charge on any atom is -0.300 e. The first-order valence-corrected chi connectivity index (χ1v) is 5.45. The number of halogens is 1. The molecule has 0 fully saturated rings. The Morgan fingerprint density at radius 1 is 1.64 bits per heavy atom. The van der Waals surface area contributed by atoms with Crippen LogP contribution in [0.1, 0.15) is 19.4 Å². The highest BCUT2D eigenvalue weighted by Gasteiger charge is 2.39. The van der Waals surface area contributed by atoms with E-state index >= 15 is 0 Å². The Morgan fingerprint density at radius 3 is 3.00 bits per heavy atom. The van der Waals surface area contributed by atoms with Crippen LogP contribution in [0, 0.1) is 0 Å². The quantitative estimate of drug-likeness (QED) is 0.454. The summed E-state index contributed by atoms with van der Waals surface area (Å²) in [4.78, 5) is 8.21. The molecule has 1 aromatic heterocycles. The zero-order valence-corrected chi connectivity index (χ0v) is 10.2. The molecule has 5 nitrogen and oxygen atoms in total. The molecule has 0 spiro atoms. The van der Waals surface area contributed by atoms with Crippen molar-refractivity contribution in [3.05, 3.63) is 18.1 Å². The van der Waals surface area contributed by atoms with Crippen LogP contribution in [0.2, 0.25) is 0 Å². The molecule has 14 heavy (non-hydrogen) atoms. The first kappa shape index (κ1) is 10.1. The lowest BCUT2D eigenvalue weighted by Crippen LogP contribution is -2.50. The van der Waals surface area contributed by atoms with E-state index in [4.69, 9.17) is 5.73 Å². The fourth-order valence-corrected chi connectivity index (χ4v) is 2.07. The maximum absolute atomic E-state index is 6.07. The van der Waals surface area contributed by atoms with Crippen molar-refractivity contribution in [1.29, 1.82) is 0 Å². The molecule has 1 unspecified atom stereocenters. The van der Waals surface area contributed by atoms with Crippen LogP contribution in [-0.4, -0.2) is 16.0 Å². The molecule has 2 heterocycles. The molecule has 0 saturated heterocycles. The van der Waals surface area contributed by atoms with E-state index in [1.165, 1.54) is 6.33 Å². The first-order chi connectivity index (χ1) is 6.52. The van der Waals surface area contributed by atoms with Crippen molar-refractivity contribution in [2.45, 2.75) is 23.6 Å². The van der Waals surface area contributed by atoms with E-state index in [9.17, 15) is 0 Å². The molecule has 76 valence electrons. The van der Waals surface area contributed by atoms with Crippen LogP contribution in [0.3, 0.4) is 0 Å². The Bertz CT molecular complexity index is 351. The SMILES string of the molecule is CC(C)N1NC(N)(I)c2cncnc21. The molecule has 1 aliphatic heterocycles. The fraction of sp³-hybridized carbons (Fsp3) is 0.500. The molecule has 0 aliphatic carbocycles. The highest BCUT2D eigenvalue weighted by molar-refractivity contribution is 14.1. The Balaban J connectivity index is 2.49. The van der Waals surface area contributed by atoms with E-state index in [2.05, 4.69) is 51.8 Å². The van der Waals surface area contributed by atoms with Crippen molar-refractivity contribution in [3.8, 4) is 0 Å².